The van der Waals surface area contributed by atoms with E-state index in [4.69, 9.17) is 0 Å². The quantitative estimate of drug-likeness (QED) is 0.106. The van der Waals surface area contributed by atoms with Gasteiger partial charge >= 0.3 is 17.9 Å². The molecule has 3 aliphatic rings. The number of nitrogens with zero attached hydrogens (tertiary/aromatic N) is 1. The van der Waals surface area contributed by atoms with Gasteiger partial charge in [0, 0.05) is 19.6 Å². The third kappa shape index (κ3) is 11.4. The maximum Gasteiger partial charge on any atom is 0.307 e. The number of carboxylic acids is 3. The summed E-state index contributed by atoms with van der Waals surface area (Å²) in [6.07, 6.45) is 4.08. The molecule has 0 spiro atoms. The lowest BCUT2D eigenvalue weighted by Crippen LogP contribution is -2.28. The Kier molecular flexibility index (Phi) is 14.9. The Morgan fingerprint density at radius 2 is 0.811 bits per heavy atom. The van der Waals surface area contributed by atoms with E-state index in [1.165, 1.54) is 0 Å². The van der Waals surface area contributed by atoms with Gasteiger partial charge in [0.1, 0.15) is 0 Å². The molecule has 0 aliphatic carbocycles. The number of hydrogen-bond acceptors (Lipinski definition) is 7. The molecule has 0 amide bonds. The van der Waals surface area contributed by atoms with Crippen molar-refractivity contribution in [2.45, 2.75) is 58.2 Å². The third-order valence-corrected chi connectivity index (χ3v) is 11.5. The van der Waals surface area contributed by atoms with Crippen molar-refractivity contribution in [2.75, 3.05) is 39.3 Å². The molecular formula is C42H55ClN4O6. The predicted octanol–water partition coefficient (Wildman–Crippen LogP) is 4.87. The molecule has 0 unspecified atom stereocenters. The molecule has 6 atom stereocenters. The Bertz CT molecular complexity index is 1480. The Morgan fingerprint density at radius 1 is 0.528 bits per heavy atom. The highest BCUT2D eigenvalue weighted by Gasteiger charge is 2.33. The lowest BCUT2D eigenvalue weighted by Gasteiger charge is -2.25. The highest BCUT2D eigenvalue weighted by atomic mass is 35.5. The second-order valence-electron chi connectivity index (χ2n) is 15.3. The SMILES string of the molecule is Cl.O=C(O)[C@@H](Cc1cccc(CN(Cc2cccc(C[C@H](C(=O)O)[C@H]3CCNC3)c2)Cc2cccc(C[C@H](C(=O)O)[C@H]3CCNC3)c2)c1)[C@H]1CCNC1. The topological polar surface area (TPSA) is 151 Å². The van der Waals surface area contributed by atoms with Gasteiger partial charge in [-0.1, -0.05) is 72.8 Å². The van der Waals surface area contributed by atoms with Crippen LogP contribution in [0.5, 0.6) is 0 Å². The van der Waals surface area contributed by atoms with Crippen molar-refractivity contribution in [1.29, 1.82) is 0 Å². The van der Waals surface area contributed by atoms with Crippen LogP contribution in [0.15, 0.2) is 72.8 Å². The van der Waals surface area contributed by atoms with Crippen LogP contribution in [0, 0.1) is 35.5 Å². The molecular weight excluding hydrogens is 692 g/mol. The summed E-state index contributed by atoms with van der Waals surface area (Å²) < 4.78 is 0. The van der Waals surface area contributed by atoms with Crippen LogP contribution in [0.4, 0.5) is 0 Å². The minimum Gasteiger partial charge on any atom is -0.481 e. The van der Waals surface area contributed by atoms with E-state index in [9.17, 15) is 29.7 Å². The van der Waals surface area contributed by atoms with Crippen LogP contribution < -0.4 is 16.0 Å². The summed E-state index contributed by atoms with van der Waals surface area (Å²) in [7, 11) is 0. The van der Waals surface area contributed by atoms with Crippen molar-refractivity contribution in [2.24, 2.45) is 35.5 Å². The summed E-state index contributed by atoms with van der Waals surface area (Å²) in [5.74, 6) is -3.18. The van der Waals surface area contributed by atoms with Gasteiger partial charge < -0.3 is 31.3 Å². The number of halogens is 1. The van der Waals surface area contributed by atoms with Crippen LogP contribution >= 0.6 is 12.4 Å². The van der Waals surface area contributed by atoms with Crippen LogP contribution in [0.3, 0.4) is 0 Å². The average Bonchev–Trinajstić information content (AvgIpc) is 3.94. The summed E-state index contributed by atoms with van der Waals surface area (Å²) in [6.45, 7) is 6.65. The zero-order chi connectivity index (χ0) is 36.5. The lowest BCUT2D eigenvalue weighted by molar-refractivity contribution is -0.144. The summed E-state index contributed by atoms with van der Waals surface area (Å²) in [6, 6.07) is 24.8. The van der Waals surface area contributed by atoms with Gasteiger partial charge in [-0.15, -0.1) is 12.4 Å². The van der Waals surface area contributed by atoms with Crippen molar-refractivity contribution in [3.63, 3.8) is 0 Å². The third-order valence-electron chi connectivity index (χ3n) is 11.5. The summed E-state index contributed by atoms with van der Waals surface area (Å²) in [4.78, 5) is 39.2. The second kappa shape index (κ2) is 19.5. The first-order chi connectivity index (χ1) is 25.2. The highest BCUT2D eigenvalue weighted by Crippen LogP contribution is 2.28. The summed E-state index contributed by atoms with van der Waals surface area (Å²) in [5, 5.41) is 40.1. The van der Waals surface area contributed by atoms with Crippen molar-refractivity contribution in [3.8, 4) is 0 Å². The molecule has 53 heavy (non-hydrogen) atoms. The number of hydrogen-bond donors (Lipinski definition) is 6. The minimum absolute atomic E-state index is 0. The van der Waals surface area contributed by atoms with Crippen LogP contribution in [0.1, 0.15) is 52.6 Å². The Labute approximate surface area is 319 Å². The van der Waals surface area contributed by atoms with Gasteiger partial charge in [0.2, 0.25) is 0 Å². The predicted molar refractivity (Wildman–Crippen MR) is 207 cm³/mol. The molecule has 3 aliphatic heterocycles. The molecule has 3 aromatic carbocycles. The Morgan fingerprint density at radius 3 is 1.06 bits per heavy atom. The van der Waals surface area contributed by atoms with Gasteiger partial charge in [0.15, 0.2) is 0 Å². The fraction of sp³-hybridized carbons (Fsp3) is 0.500. The number of rotatable bonds is 18. The molecule has 0 radical (unpaired) electrons. The van der Waals surface area contributed by atoms with Gasteiger partial charge in [-0.05, 0) is 129 Å². The molecule has 11 heteroatoms. The van der Waals surface area contributed by atoms with E-state index in [1.54, 1.807) is 0 Å². The molecule has 3 aromatic rings. The van der Waals surface area contributed by atoms with Gasteiger partial charge in [-0.3, -0.25) is 19.3 Å². The van der Waals surface area contributed by atoms with Gasteiger partial charge in [-0.2, -0.15) is 0 Å². The molecule has 286 valence electrons. The van der Waals surface area contributed by atoms with E-state index < -0.39 is 35.7 Å². The number of aliphatic carboxylic acids is 3. The molecule has 0 bridgehead atoms. The van der Waals surface area contributed by atoms with Crippen molar-refractivity contribution >= 4 is 30.3 Å². The fourth-order valence-corrected chi connectivity index (χ4v) is 8.70. The normalized spacial score (nSPS) is 21.6. The standard InChI is InChI=1S/C42H54N4O6.ClH/c47-40(48)37(34-10-13-43-22-34)19-28-4-1-7-31(16-28)25-46(26-32-8-2-5-29(17-32)20-38(41(49)50)35-11-14-44-23-35)27-33-9-3-6-30(18-33)21-39(42(51)52)36-12-15-45-24-36;/h1-9,16-18,34-39,43-45H,10-15,19-27H2,(H,47,48)(H,49,50)(H,51,52);1H/t34-,35-,36-,37-,38-,39-;/m0./s1. The summed E-state index contributed by atoms with van der Waals surface area (Å²) in [5.41, 5.74) is 6.34. The van der Waals surface area contributed by atoms with E-state index in [0.29, 0.717) is 38.9 Å². The number of benzene rings is 3. The maximum atomic E-state index is 12.3. The van der Waals surface area contributed by atoms with E-state index in [0.717, 1.165) is 91.9 Å². The molecule has 3 saturated heterocycles. The first-order valence-electron chi connectivity index (χ1n) is 19.0. The lowest BCUT2D eigenvalue weighted by atomic mass is 9.85. The Balaban J connectivity index is 0.00000541. The van der Waals surface area contributed by atoms with Gasteiger partial charge in [-0.25, -0.2) is 0 Å². The van der Waals surface area contributed by atoms with Crippen LogP contribution in [-0.4, -0.2) is 77.4 Å². The number of nitrogens with one attached hydrogen (secondary N) is 3. The van der Waals surface area contributed by atoms with Gasteiger partial charge in [0.25, 0.3) is 0 Å². The minimum atomic E-state index is -0.746. The Hall–Kier alpha value is -3.80. The van der Waals surface area contributed by atoms with Crippen LogP contribution in [0.2, 0.25) is 0 Å². The van der Waals surface area contributed by atoms with Crippen molar-refractivity contribution in [1.82, 2.24) is 20.9 Å². The van der Waals surface area contributed by atoms with E-state index in [1.807, 2.05) is 36.4 Å². The first-order valence-corrected chi connectivity index (χ1v) is 19.0. The molecule has 3 fully saturated rings. The number of carbonyl (C=O) groups is 3. The maximum absolute atomic E-state index is 12.3. The first kappa shape index (κ1) is 40.4. The zero-order valence-corrected chi connectivity index (χ0v) is 31.2. The molecule has 10 nitrogen and oxygen atoms in total. The highest BCUT2D eigenvalue weighted by molar-refractivity contribution is 5.85. The van der Waals surface area contributed by atoms with E-state index in [2.05, 4.69) is 57.2 Å². The smallest absolute Gasteiger partial charge is 0.307 e. The zero-order valence-electron chi connectivity index (χ0n) is 30.4. The fourth-order valence-electron chi connectivity index (χ4n) is 8.70. The monoisotopic (exact) mass is 746 g/mol. The molecule has 6 rings (SSSR count). The van der Waals surface area contributed by atoms with Crippen molar-refractivity contribution < 1.29 is 29.7 Å². The molecule has 0 saturated carbocycles. The number of carboxylic acid groups (broad SMARTS) is 3. The molecule has 6 N–H and O–H groups in total. The van der Waals surface area contributed by atoms with E-state index >= 15 is 0 Å². The molecule has 3 heterocycles. The largest absolute Gasteiger partial charge is 0.481 e. The van der Waals surface area contributed by atoms with Crippen LogP contribution in [0.25, 0.3) is 0 Å². The second-order valence-corrected chi connectivity index (χ2v) is 15.3. The van der Waals surface area contributed by atoms with Crippen LogP contribution in [-0.2, 0) is 53.3 Å². The van der Waals surface area contributed by atoms with E-state index in [-0.39, 0.29) is 30.2 Å². The van der Waals surface area contributed by atoms with Crippen molar-refractivity contribution in [3.05, 3.63) is 106 Å². The summed E-state index contributed by atoms with van der Waals surface area (Å²) >= 11 is 0. The van der Waals surface area contributed by atoms with Gasteiger partial charge in [0.05, 0.1) is 17.8 Å². The molecule has 0 aromatic heterocycles. The average molecular weight is 747 g/mol.